The van der Waals surface area contributed by atoms with Gasteiger partial charge in [0.2, 0.25) is 0 Å². The van der Waals surface area contributed by atoms with Gasteiger partial charge in [0, 0.05) is 19.7 Å². The van der Waals surface area contributed by atoms with Gasteiger partial charge in [0.05, 0.1) is 13.2 Å². The van der Waals surface area contributed by atoms with E-state index in [0.717, 1.165) is 6.54 Å². The van der Waals surface area contributed by atoms with Crippen molar-refractivity contribution in [2.24, 2.45) is 5.92 Å². The molecule has 96 valence electrons. The van der Waals surface area contributed by atoms with Gasteiger partial charge in [-0.2, -0.15) is 0 Å². The van der Waals surface area contributed by atoms with Crippen molar-refractivity contribution in [3.63, 3.8) is 0 Å². The molecule has 0 aliphatic rings. The van der Waals surface area contributed by atoms with Crippen molar-refractivity contribution in [2.45, 2.75) is 33.0 Å². The summed E-state index contributed by atoms with van der Waals surface area (Å²) in [5, 5.41) is 12.6. The number of hydrogen-bond acceptors (Lipinski definition) is 3. The molecule has 1 atom stereocenters. The Morgan fingerprint density at radius 1 is 1.29 bits per heavy atom. The van der Waals surface area contributed by atoms with E-state index in [0.29, 0.717) is 12.5 Å². The molecule has 0 spiro atoms. The minimum atomic E-state index is 0.154. The maximum atomic E-state index is 9.23. The molecule has 0 aromatic heterocycles. The number of hydrogen-bond donors (Lipinski definition) is 2. The number of benzene rings is 1. The molecule has 17 heavy (non-hydrogen) atoms. The van der Waals surface area contributed by atoms with Crippen LogP contribution in [0.25, 0.3) is 0 Å². The van der Waals surface area contributed by atoms with E-state index in [2.05, 4.69) is 37.4 Å². The third kappa shape index (κ3) is 4.86. The summed E-state index contributed by atoms with van der Waals surface area (Å²) in [4.78, 5) is 0. The normalized spacial score (nSPS) is 13.0. The lowest BCUT2D eigenvalue weighted by Crippen LogP contribution is -2.36. The average molecular weight is 237 g/mol. The van der Waals surface area contributed by atoms with E-state index in [4.69, 9.17) is 4.74 Å². The van der Waals surface area contributed by atoms with E-state index in [9.17, 15) is 5.11 Å². The van der Waals surface area contributed by atoms with Crippen LogP contribution < -0.4 is 5.32 Å². The van der Waals surface area contributed by atoms with E-state index in [-0.39, 0.29) is 12.6 Å². The van der Waals surface area contributed by atoms with Gasteiger partial charge >= 0.3 is 0 Å². The third-order valence-electron chi connectivity index (χ3n) is 2.87. The number of methoxy groups -OCH3 is 1. The van der Waals surface area contributed by atoms with Crippen molar-refractivity contribution in [1.29, 1.82) is 0 Å². The topological polar surface area (TPSA) is 41.5 Å². The molecule has 1 unspecified atom stereocenters. The van der Waals surface area contributed by atoms with Crippen molar-refractivity contribution >= 4 is 0 Å². The molecule has 0 radical (unpaired) electrons. The molecule has 1 aromatic rings. The highest BCUT2D eigenvalue weighted by molar-refractivity contribution is 5.22. The monoisotopic (exact) mass is 237 g/mol. The van der Waals surface area contributed by atoms with Gasteiger partial charge in [-0.25, -0.2) is 0 Å². The summed E-state index contributed by atoms with van der Waals surface area (Å²) in [5.41, 5.74) is 2.40. The number of rotatable bonds is 7. The summed E-state index contributed by atoms with van der Waals surface area (Å²) in [7, 11) is 1.70. The van der Waals surface area contributed by atoms with E-state index < -0.39 is 0 Å². The lowest BCUT2D eigenvalue weighted by molar-refractivity contribution is 0.184. The van der Waals surface area contributed by atoms with Crippen molar-refractivity contribution in [2.75, 3.05) is 13.7 Å². The summed E-state index contributed by atoms with van der Waals surface area (Å²) >= 11 is 0. The molecule has 0 heterocycles. The van der Waals surface area contributed by atoms with E-state index in [1.165, 1.54) is 11.1 Å². The molecule has 1 aromatic carbocycles. The Labute approximate surface area is 104 Å². The van der Waals surface area contributed by atoms with Gasteiger partial charge in [-0.3, -0.25) is 0 Å². The van der Waals surface area contributed by atoms with Crippen LogP contribution in [-0.2, 0) is 17.9 Å². The molecular formula is C14H23NO2. The number of aliphatic hydroxyl groups is 1. The van der Waals surface area contributed by atoms with Gasteiger partial charge < -0.3 is 15.2 Å². The third-order valence-corrected chi connectivity index (χ3v) is 2.87. The van der Waals surface area contributed by atoms with Crippen molar-refractivity contribution in [1.82, 2.24) is 5.32 Å². The SMILES string of the molecule is COCc1cccc(CNC(CO)C(C)C)c1. The van der Waals surface area contributed by atoms with Crippen LogP contribution in [0.1, 0.15) is 25.0 Å². The number of nitrogens with one attached hydrogen (secondary N) is 1. The zero-order valence-electron chi connectivity index (χ0n) is 10.9. The van der Waals surface area contributed by atoms with Gasteiger partial charge in [0.15, 0.2) is 0 Å². The summed E-state index contributed by atoms with van der Waals surface area (Å²) < 4.78 is 5.11. The first kappa shape index (κ1) is 14.2. The standard InChI is InChI=1S/C14H23NO2/c1-11(2)14(9-16)15-8-12-5-4-6-13(7-12)10-17-3/h4-7,11,14-16H,8-10H2,1-3H3. The largest absolute Gasteiger partial charge is 0.395 e. The summed E-state index contributed by atoms with van der Waals surface area (Å²) in [6, 6.07) is 8.46. The Hall–Kier alpha value is -0.900. The molecule has 0 aliphatic heterocycles. The molecule has 0 fully saturated rings. The molecule has 3 nitrogen and oxygen atoms in total. The minimum absolute atomic E-state index is 0.154. The van der Waals surface area contributed by atoms with Crippen LogP contribution in [0.2, 0.25) is 0 Å². The summed E-state index contributed by atoms with van der Waals surface area (Å²) in [5.74, 6) is 0.433. The number of ether oxygens (including phenoxy) is 1. The first-order chi connectivity index (χ1) is 8.17. The molecule has 1 rings (SSSR count). The average Bonchev–Trinajstić information content (AvgIpc) is 2.30. The van der Waals surface area contributed by atoms with Crippen LogP contribution in [-0.4, -0.2) is 24.9 Å². The van der Waals surface area contributed by atoms with E-state index >= 15 is 0 Å². The maximum absolute atomic E-state index is 9.23. The minimum Gasteiger partial charge on any atom is -0.395 e. The van der Waals surface area contributed by atoms with Crippen molar-refractivity contribution in [3.05, 3.63) is 35.4 Å². The van der Waals surface area contributed by atoms with Crippen LogP contribution in [0.3, 0.4) is 0 Å². The number of aliphatic hydroxyl groups excluding tert-OH is 1. The Morgan fingerprint density at radius 2 is 2.00 bits per heavy atom. The van der Waals surface area contributed by atoms with Crippen molar-refractivity contribution < 1.29 is 9.84 Å². The quantitative estimate of drug-likeness (QED) is 0.761. The fourth-order valence-electron chi connectivity index (χ4n) is 1.76. The van der Waals surface area contributed by atoms with Crippen LogP contribution in [0.5, 0.6) is 0 Å². The van der Waals surface area contributed by atoms with Crippen molar-refractivity contribution in [3.8, 4) is 0 Å². The van der Waals surface area contributed by atoms with Crippen LogP contribution in [0.4, 0.5) is 0 Å². The maximum Gasteiger partial charge on any atom is 0.0713 e. The van der Waals surface area contributed by atoms with Gasteiger partial charge in [-0.05, 0) is 17.0 Å². The first-order valence-corrected chi connectivity index (χ1v) is 6.08. The van der Waals surface area contributed by atoms with Crippen LogP contribution in [0.15, 0.2) is 24.3 Å². The Morgan fingerprint density at radius 3 is 2.59 bits per heavy atom. The molecule has 2 N–H and O–H groups in total. The fourth-order valence-corrected chi connectivity index (χ4v) is 1.76. The summed E-state index contributed by atoms with van der Waals surface area (Å²) in [6.45, 7) is 5.81. The molecule has 0 amide bonds. The highest BCUT2D eigenvalue weighted by Crippen LogP contribution is 2.08. The van der Waals surface area contributed by atoms with Crippen LogP contribution in [0, 0.1) is 5.92 Å². The molecule has 0 aliphatic carbocycles. The van der Waals surface area contributed by atoms with Gasteiger partial charge in [0.1, 0.15) is 0 Å². The Kier molecular flexibility index (Phi) is 6.19. The van der Waals surface area contributed by atoms with E-state index in [1.54, 1.807) is 7.11 Å². The second-order valence-corrected chi connectivity index (χ2v) is 4.67. The highest BCUT2D eigenvalue weighted by Gasteiger charge is 2.10. The van der Waals surface area contributed by atoms with Crippen LogP contribution >= 0.6 is 0 Å². The predicted octanol–water partition coefficient (Wildman–Crippen LogP) is 1.94. The second kappa shape index (κ2) is 7.43. The molecule has 0 bridgehead atoms. The van der Waals surface area contributed by atoms with Gasteiger partial charge in [0.25, 0.3) is 0 Å². The smallest absolute Gasteiger partial charge is 0.0713 e. The van der Waals surface area contributed by atoms with Gasteiger partial charge in [-0.15, -0.1) is 0 Å². The summed E-state index contributed by atoms with van der Waals surface area (Å²) in [6.07, 6.45) is 0. The zero-order valence-corrected chi connectivity index (χ0v) is 10.9. The zero-order chi connectivity index (χ0) is 12.7. The second-order valence-electron chi connectivity index (χ2n) is 4.67. The molecule has 3 heteroatoms. The lowest BCUT2D eigenvalue weighted by Gasteiger charge is -2.20. The molecule has 0 saturated heterocycles. The predicted molar refractivity (Wildman–Crippen MR) is 69.7 cm³/mol. The van der Waals surface area contributed by atoms with Gasteiger partial charge in [-0.1, -0.05) is 38.1 Å². The Balaban J connectivity index is 2.53. The first-order valence-electron chi connectivity index (χ1n) is 6.08. The molecular weight excluding hydrogens is 214 g/mol. The highest BCUT2D eigenvalue weighted by atomic mass is 16.5. The Bertz CT molecular complexity index is 326. The molecule has 0 saturated carbocycles. The fraction of sp³-hybridized carbons (Fsp3) is 0.571. The lowest BCUT2D eigenvalue weighted by atomic mass is 10.0. The van der Waals surface area contributed by atoms with E-state index in [1.807, 2.05) is 6.07 Å².